The lowest BCUT2D eigenvalue weighted by molar-refractivity contribution is -0.120. The number of rotatable bonds is 2. The van der Waals surface area contributed by atoms with E-state index in [-0.39, 0.29) is 0 Å². The molecule has 3 heteroatoms. The summed E-state index contributed by atoms with van der Waals surface area (Å²) in [6, 6.07) is 9.76. The predicted octanol–water partition coefficient (Wildman–Crippen LogP) is 2.44. The van der Waals surface area contributed by atoms with Crippen LogP contribution in [0, 0.1) is 0 Å². The summed E-state index contributed by atoms with van der Waals surface area (Å²) in [6.07, 6.45) is 0. The van der Waals surface area contributed by atoms with E-state index in [2.05, 4.69) is 0 Å². The van der Waals surface area contributed by atoms with Crippen LogP contribution in [0.5, 0.6) is 5.06 Å². The van der Waals surface area contributed by atoms with Gasteiger partial charge in [0.2, 0.25) is 0 Å². The number of hydrogen-bond acceptors (Lipinski definition) is 3. The molecular formula is C9H6O2S. The van der Waals surface area contributed by atoms with Gasteiger partial charge in [0.05, 0.1) is 0 Å². The molecule has 2 aromatic rings. The van der Waals surface area contributed by atoms with Gasteiger partial charge in [-0.2, -0.15) is 0 Å². The first kappa shape index (κ1) is 7.31. The molecule has 0 bridgehead atoms. The Morgan fingerprint density at radius 2 is 2.17 bits per heavy atom. The first-order chi connectivity index (χ1) is 5.90. The molecule has 0 fully saturated rings. The van der Waals surface area contributed by atoms with E-state index in [0.717, 1.165) is 10.1 Å². The maximum absolute atomic E-state index is 10.0. The summed E-state index contributed by atoms with van der Waals surface area (Å²) in [4.78, 5) is 10.0. The Hall–Kier alpha value is -1.35. The third-order valence-electron chi connectivity index (χ3n) is 1.57. The molecule has 0 amide bonds. The van der Waals surface area contributed by atoms with Crippen molar-refractivity contribution >= 4 is 27.9 Å². The van der Waals surface area contributed by atoms with Crippen molar-refractivity contribution in [1.82, 2.24) is 0 Å². The van der Waals surface area contributed by atoms with Gasteiger partial charge in [0.1, 0.15) is 0 Å². The Morgan fingerprint density at radius 3 is 2.92 bits per heavy atom. The summed E-state index contributed by atoms with van der Waals surface area (Å²) in [5, 5.41) is 1.76. The van der Waals surface area contributed by atoms with Gasteiger partial charge in [-0.1, -0.05) is 29.5 Å². The second-order valence-electron chi connectivity index (χ2n) is 2.32. The van der Waals surface area contributed by atoms with Gasteiger partial charge in [0, 0.05) is 10.8 Å². The maximum atomic E-state index is 10.0. The summed E-state index contributed by atoms with van der Waals surface area (Å²) in [5.74, 6) is 0. The van der Waals surface area contributed by atoms with Crippen LogP contribution in [-0.2, 0) is 4.79 Å². The topological polar surface area (TPSA) is 26.3 Å². The lowest BCUT2D eigenvalue weighted by Crippen LogP contribution is -1.82. The molecule has 1 heterocycles. The zero-order valence-electron chi connectivity index (χ0n) is 6.19. The molecule has 12 heavy (non-hydrogen) atoms. The number of carbonyl (C=O) groups excluding carboxylic acids is 1. The Labute approximate surface area is 73.4 Å². The van der Waals surface area contributed by atoms with Crippen molar-refractivity contribution in [2.45, 2.75) is 0 Å². The quantitative estimate of drug-likeness (QED) is 0.660. The van der Waals surface area contributed by atoms with E-state index in [1.54, 1.807) is 0 Å². The molecule has 1 aromatic carbocycles. The lowest BCUT2D eigenvalue weighted by Gasteiger charge is -1.84. The van der Waals surface area contributed by atoms with Crippen molar-refractivity contribution in [2.75, 3.05) is 0 Å². The highest BCUT2D eigenvalue weighted by Gasteiger charge is 1.99. The first-order valence-electron chi connectivity index (χ1n) is 3.49. The van der Waals surface area contributed by atoms with Crippen LogP contribution in [0.4, 0.5) is 0 Å². The van der Waals surface area contributed by atoms with Crippen molar-refractivity contribution in [1.29, 1.82) is 0 Å². The largest absolute Gasteiger partial charge is 0.418 e. The Kier molecular flexibility index (Phi) is 1.80. The highest BCUT2D eigenvalue weighted by molar-refractivity contribution is 7.20. The molecular weight excluding hydrogens is 172 g/mol. The van der Waals surface area contributed by atoms with Crippen molar-refractivity contribution in [3.8, 4) is 5.06 Å². The summed E-state index contributed by atoms with van der Waals surface area (Å²) in [5.41, 5.74) is 0. The van der Waals surface area contributed by atoms with Crippen LogP contribution in [-0.4, -0.2) is 6.47 Å². The van der Waals surface area contributed by atoms with Crippen LogP contribution >= 0.6 is 11.3 Å². The summed E-state index contributed by atoms with van der Waals surface area (Å²) >= 11 is 1.47. The first-order valence-corrected chi connectivity index (χ1v) is 4.30. The van der Waals surface area contributed by atoms with Crippen LogP contribution in [0.1, 0.15) is 0 Å². The van der Waals surface area contributed by atoms with Crippen LogP contribution < -0.4 is 4.74 Å². The van der Waals surface area contributed by atoms with Gasteiger partial charge in [0.25, 0.3) is 6.47 Å². The molecule has 60 valence electrons. The molecule has 0 N–H and O–H groups in total. The number of benzene rings is 1. The summed E-state index contributed by atoms with van der Waals surface area (Å²) in [6.45, 7) is 0.449. The van der Waals surface area contributed by atoms with Gasteiger partial charge >= 0.3 is 0 Å². The zero-order valence-corrected chi connectivity index (χ0v) is 7.01. The molecule has 2 rings (SSSR count). The minimum Gasteiger partial charge on any atom is -0.418 e. The molecule has 0 atom stereocenters. The van der Waals surface area contributed by atoms with Crippen LogP contribution in [0.3, 0.4) is 0 Å². The van der Waals surface area contributed by atoms with E-state index in [1.807, 2.05) is 30.3 Å². The highest BCUT2D eigenvalue weighted by Crippen LogP contribution is 2.30. The van der Waals surface area contributed by atoms with E-state index < -0.39 is 0 Å². The SMILES string of the molecule is O=COc1cc2ccccc2s1. The van der Waals surface area contributed by atoms with Crippen LogP contribution in [0.25, 0.3) is 10.1 Å². The smallest absolute Gasteiger partial charge is 0.299 e. The average molecular weight is 178 g/mol. The van der Waals surface area contributed by atoms with Crippen molar-refractivity contribution in [3.05, 3.63) is 30.3 Å². The molecule has 1 aromatic heterocycles. The normalized spacial score (nSPS) is 10.0. The fraction of sp³-hybridized carbons (Fsp3) is 0. The Bertz CT molecular complexity index is 373. The van der Waals surface area contributed by atoms with Crippen LogP contribution in [0.15, 0.2) is 30.3 Å². The minimum atomic E-state index is 0.449. The van der Waals surface area contributed by atoms with Gasteiger partial charge in [-0.15, -0.1) is 0 Å². The average Bonchev–Trinajstić information content (AvgIpc) is 2.47. The molecule has 0 aliphatic rings. The molecule has 0 saturated heterocycles. The van der Waals surface area contributed by atoms with E-state index >= 15 is 0 Å². The standard InChI is InChI=1S/C9H6O2S/c10-6-11-9-5-7-3-1-2-4-8(7)12-9/h1-6H. The van der Waals surface area contributed by atoms with Crippen LogP contribution in [0.2, 0.25) is 0 Å². The molecule has 2 nitrogen and oxygen atoms in total. The van der Waals surface area contributed by atoms with Gasteiger partial charge < -0.3 is 4.74 Å². The number of ether oxygens (including phenoxy) is 1. The maximum Gasteiger partial charge on any atom is 0.299 e. The third kappa shape index (κ3) is 1.19. The van der Waals surface area contributed by atoms with Gasteiger partial charge in [-0.3, -0.25) is 4.79 Å². The fourth-order valence-corrected chi connectivity index (χ4v) is 1.94. The van der Waals surface area contributed by atoms with E-state index in [4.69, 9.17) is 4.74 Å². The van der Waals surface area contributed by atoms with E-state index in [9.17, 15) is 4.79 Å². The number of carbonyl (C=O) groups is 1. The zero-order chi connectivity index (χ0) is 8.39. The molecule has 0 unspecified atom stereocenters. The summed E-state index contributed by atoms with van der Waals surface area (Å²) < 4.78 is 5.86. The van der Waals surface area contributed by atoms with E-state index in [0.29, 0.717) is 11.5 Å². The second-order valence-corrected chi connectivity index (χ2v) is 3.36. The predicted molar refractivity (Wildman–Crippen MR) is 48.5 cm³/mol. The molecule has 0 spiro atoms. The van der Waals surface area contributed by atoms with Crippen molar-refractivity contribution < 1.29 is 9.53 Å². The van der Waals surface area contributed by atoms with Gasteiger partial charge in [0.15, 0.2) is 5.06 Å². The minimum absolute atomic E-state index is 0.449. The Morgan fingerprint density at radius 1 is 1.33 bits per heavy atom. The van der Waals surface area contributed by atoms with E-state index in [1.165, 1.54) is 11.3 Å². The lowest BCUT2D eigenvalue weighted by atomic mass is 10.3. The molecule has 0 aliphatic carbocycles. The van der Waals surface area contributed by atoms with Crippen molar-refractivity contribution in [3.63, 3.8) is 0 Å². The van der Waals surface area contributed by atoms with Gasteiger partial charge in [-0.05, 0) is 11.5 Å². The highest BCUT2D eigenvalue weighted by atomic mass is 32.1. The monoisotopic (exact) mass is 178 g/mol. The van der Waals surface area contributed by atoms with Gasteiger partial charge in [-0.25, -0.2) is 0 Å². The third-order valence-corrected chi connectivity index (χ3v) is 2.57. The number of fused-ring (bicyclic) bond motifs is 1. The van der Waals surface area contributed by atoms with Crippen molar-refractivity contribution in [2.24, 2.45) is 0 Å². The fourth-order valence-electron chi connectivity index (χ4n) is 1.06. The molecule has 0 radical (unpaired) electrons. The number of hydrogen-bond donors (Lipinski definition) is 0. The Balaban J connectivity index is 2.54. The second kappa shape index (κ2) is 2.95. The number of thiophene rings is 1. The summed E-state index contributed by atoms with van der Waals surface area (Å²) in [7, 11) is 0. The molecule has 0 saturated carbocycles. The molecule has 0 aliphatic heterocycles.